The molecule has 4 heteroatoms. The Hall–Kier alpha value is -2.33. The third-order valence-corrected chi connectivity index (χ3v) is 3.41. The first-order valence-electron chi connectivity index (χ1n) is 6.68. The Labute approximate surface area is 117 Å². The van der Waals surface area contributed by atoms with Crippen molar-refractivity contribution in [1.29, 1.82) is 0 Å². The Kier molecular flexibility index (Phi) is 3.39. The number of phenolic OH excluding ortho intramolecular Hbond substituents is 1. The average Bonchev–Trinajstić information content (AvgIpc) is 2.88. The van der Waals surface area contributed by atoms with E-state index in [1.807, 2.05) is 36.4 Å². The minimum Gasteiger partial charge on any atom is -0.508 e. The van der Waals surface area contributed by atoms with Crippen LogP contribution in [0.5, 0.6) is 5.75 Å². The van der Waals surface area contributed by atoms with Crippen LogP contribution in [-0.2, 0) is 6.54 Å². The fraction of sp³-hybridized carbons (Fsp3) is 0.188. The van der Waals surface area contributed by atoms with E-state index in [4.69, 9.17) is 0 Å². The summed E-state index contributed by atoms with van der Waals surface area (Å²) in [6.45, 7) is 2.77. The molecule has 0 aliphatic rings. The van der Waals surface area contributed by atoms with Crippen molar-refractivity contribution in [1.82, 2.24) is 15.3 Å². The summed E-state index contributed by atoms with van der Waals surface area (Å²) in [6, 6.07) is 15.5. The van der Waals surface area contributed by atoms with E-state index in [-0.39, 0.29) is 6.04 Å². The highest BCUT2D eigenvalue weighted by molar-refractivity contribution is 5.74. The maximum Gasteiger partial charge on any atom is 0.121 e. The van der Waals surface area contributed by atoms with E-state index in [0.717, 1.165) is 22.4 Å². The van der Waals surface area contributed by atoms with Crippen molar-refractivity contribution in [2.24, 2.45) is 0 Å². The van der Waals surface area contributed by atoms with E-state index < -0.39 is 0 Å². The van der Waals surface area contributed by atoms with E-state index >= 15 is 0 Å². The number of H-pyrrole nitrogens is 1. The van der Waals surface area contributed by atoms with E-state index in [0.29, 0.717) is 12.3 Å². The first-order chi connectivity index (χ1) is 9.72. The van der Waals surface area contributed by atoms with Crippen molar-refractivity contribution < 1.29 is 5.11 Å². The normalized spacial score (nSPS) is 12.7. The molecule has 0 aliphatic carbocycles. The fourth-order valence-electron chi connectivity index (χ4n) is 2.22. The standard InChI is InChI=1S/C16H17N3O/c1-11(12-6-8-13(20)9-7-12)17-10-16-18-14-4-2-3-5-15(14)19-16/h2-9,11,17,20H,10H2,1H3,(H,18,19). The van der Waals surface area contributed by atoms with Gasteiger partial charge in [0, 0.05) is 6.04 Å². The molecule has 0 amide bonds. The number of nitrogens with zero attached hydrogens (tertiary/aromatic N) is 1. The van der Waals surface area contributed by atoms with Gasteiger partial charge in [0.15, 0.2) is 0 Å². The van der Waals surface area contributed by atoms with Gasteiger partial charge in [0.25, 0.3) is 0 Å². The lowest BCUT2D eigenvalue weighted by Crippen LogP contribution is -2.18. The zero-order valence-electron chi connectivity index (χ0n) is 11.3. The minimum absolute atomic E-state index is 0.198. The zero-order valence-corrected chi connectivity index (χ0v) is 11.3. The minimum atomic E-state index is 0.198. The van der Waals surface area contributed by atoms with Gasteiger partial charge in [-0.25, -0.2) is 4.98 Å². The molecule has 0 saturated heterocycles. The molecule has 0 bridgehead atoms. The van der Waals surface area contributed by atoms with Crippen LogP contribution in [0.1, 0.15) is 24.4 Å². The summed E-state index contributed by atoms with van der Waals surface area (Å²) in [5.74, 6) is 1.22. The lowest BCUT2D eigenvalue weighted by Gasteiger charge is -2.13. The molecule has 0 spiro atoms. The van der Waals surface area contributed by atoms with Gasteiger partial charge in [-0.05, 0) is 36.8 Å². The lowest BCUT2D eigenvalue weighted by molar-refractivity contribution is 0.474. The van der Waals surface area contributed by atoms with Gasteiger partial charge in [0.1, 0.15) is 11.6 Å². The van der Waals surface area contributed by atoms with Crippen molar-refractivity contribution >= 4 is 11.0 Å². The van der Waals surface area contributed by atoms with Crippen LogP contribution in [0.4, 0.5) is 0 Å². The number of aromatic amines is 1. The molecule has 0 fully saturated rings. The van der Waals surface area contributed by atoms with Crippen LogP contribution in [0.2, 0.25) is 0 Å². The third-order valence-electron chi connectivity index (χ3n) is 3.41. The molecule has 0 saturated carbocycles. The van der Waals surface area contributed by atoms with Crippen molar-refractivity contribution in [2.45, 2.75) is 19.5 Å². The highest BCUT2D eigenvalue weighted by Gasteiger charge is 2.07. The topological polar surface area (TPSA) is 60.9 Å². The van der Waals surface area contributed by atoms with Crippen LogP contribution >= 0.6 is 0 Å². The molecule has 3 rings (SSSR count). The number of aromatic nitrogens is 2. The molecule has 20 heavy (non-hydrogen) atoms. The maximum atomic E-state index is 9.29. The fourth-order valence-corrected chi connectivity index (χ4v) is 2.22. The number of benzene rings is 2. The van der Waals surface area contributed by atoms with Gasteiger partial charge >= 0.3 is 0 Å². The summed E-state index contributed by atoms with van der Waals surface area (Å²) in [6.07, 6.45) is 0. The predicted molar refractivity (Wildman–Crippen MR) is 79.5 cm³/mol. The summed E-state index contributed by atoms with van der Waals surface area (Å²) in [7, 11) is 0. The maximum absolute atomic E-state index is 9.29. The van der Waals surface area contributed by atoms with E-state index in [1.165, 1.54) is 0 Å². The van der Waals surface area contributed by atoms with Crippen LogP contribution < -0.4 is 5.32 Å². The number of fused-ring (bicyclic) bond motifs is 1. The number of aromatic hydroxyl groups is 1. The molecule has 3 aromatic rings. The molecule has 102 valence electrons. The summed E-state index contributed by atoms with van der Waals surface area (Å²) in [5, 5.41) is 12.7. The zero-order chi connectivity index (χ0) is 13.9. The Balaban J connectivity index is 1.68. The van der Waals surface area contributed by atoms with Crippen molar-refractivity contribution in [2.75, 3.05) is 0 Å². The molecule has 3 N–H and O–H groups in total. The molecule has 2 aromatic carbocycles. The summed E-state index contributed by atoms with van der Waals surface area (Å²) >= 11 is 0. The lowest BCUT2D eigenvalue weighted by atomic mass is 10.1. The molecule has 1 aromatic heterocycles. The number of hydrogen-bond acceptors (Lipinski definition) is 3. The largest absolute Gasteiger partial charge is 0.508 e. The second kappa shape index (κ2) is 5.35. The molecule has 1 unspecified atom stereocenters. The van der Waals surface area contributed by atoms with Gasteiger partial charge in [-0.2, -0.15) is 0 Å². The predicted octanol–water partition coefficient (Wildman–Crippen LogP) is 3.12. The number of para-hydroxylation sites is 2. The molecule has 0 radical (unpaired) electrons. The number of hydrogen-bond donors (Lipinski definition) is 3. The Bertz CT molecular complexity index is 670. The Morgan fingerprint density at radius 3 is 2.65 bits per heavy atom. The summed E-state index contributed by atoms with van der Waals surface area (Å²) < 4.78 is 0. The molecular weight excluding hydrogens is 250 g/mol. The van der Waals surface area contributed by atoms with Crippen molar-refractivity contribution in [3.63, 3.8) is 0 Å². The van der Waals surface area contributed by atoms with Gasteiger partial charge in [0.2, 0.25) is 0 Å². The van der Waals surface area contributed by atoms with Gasteiger partial charge < -0.3 is 15.4 Å². The molecule has 1 atom stereocenters. The van der Waals surface area contributed by atoms with Crippen LogP contribution in [0.25, 0.3) is 11.0 Å². The number of rotatable bonds is 4. The molecule has 4 nitrogen and oxygen atoms in total. The smallest absolute Gasteiger partial charge is 0.121 e. The number of phenols is 1. The Morgan fingerprint density at radius 1 is 1.15 bits per heavy atom. The molecule has 1 heterocycles. The molecular formula is C16H17N3O. The van der Waals surface area contributed by atoms with Crippen LogP contribution in [0, 0.1) is 0 Å². The van der Waals surface area contributed by atoms with Crippen LogP contribution in [0.15, 0.2) is 48.5 Å². The first-order valence-corrected chi connectivity index (χ1v) is 6.68. The van der Waals surface area contributed by atoms with Crippen molar-refractivity contribution in [3.05, 3.63) is 59.9 Å². The Morgan fingerprint density at radius 2 is 1.90 bits per heavy atom. The molecule has 0 aliphatic heterocycles. The monoisotopic (exact) mass is 267 g/mol. The quantitative estimate of drug-likeness (QED) is 0.680. The SMILES string of the molecule is CC(NCc1nc2ccccc2[nH]1)c1ccc(O)cc1. The van der Waals surface area contributed by atoms with Gasteiger partial charge in [-0.15, -0.1) is 0 Å². The highest BCUT2D eigenvalue weighted by Crippen LogP contribution is 2.17. The van der Waals surface area contributed by atoms with E-state index in [9.17, 15) is 5.11 Å². The average molecular weight is 267 g/mol. The van der Waals surface area contributed by atoms with Crippen LogP contribution in [-0.4, -0.2) is 15.1 Å². The van der Waals surface area contributed by atoms with E-state index in [1.54, 1.807) is 12.1 Å². The third kappa shape index (κ3) is 2.65. The number of nitrogens with one attached hydrogen (secondary N) is 2. The number of imidazole rings is 1. The van der Waals surface area contributed by atoms with Crippen LogP contribution in [0.3, 0.4) is 0 Å². The van der Waals surface area contributed by atoms with Gasteiger partial charge in [0.05, 0.1) is 17.6 Å². The van der Waals surface area contributed by atoms with Gasteiger partial charge in [-0.3, -0.25) is 0 Å². The van der Waals surface area contributed by atoms with Gasteiger partial charge in [-0.1, -0.05) is 24.3 Å². The second-order valence-electron chi connectivity index (χ2n) is 4.89. The summed E-state index contributed by atoms with van der Waals surface area (Å²) in [4.78, 5) is 7.83. The summed E-state index contributed by atoms with van der Waals surface area (Å²) in [5.41, 5.74) is 3.18. The van der Waals surface area contributed by atoms with Crippen molar-refractivity contribution in [3.8, 4) is 5.75 Å². The second-order valence-corrected chi connectivity index (χ2v) is 4.89. The first kappa shape index (κ1) is 12.7. The highest BCUT2D eigenvalue weighted by atomic mass is 16.3. The van der Waals surface area contributed by atoms with E-state index in [2.05, 4.69) is 22.2 Å².